The van der Waals surface area contributed by atoms with Gasteiger partial charge in [0.1, 0.15) is 5.25 Å². The number of hydrogen-bond donors (Lipinski definition) is 3. The molecule has 28 heavy (non-hydrogen) atoms. The molecule has 0 radical (unpaired) electrons. The largest absolute Gasteiger partial charge is 0.399 e. The highest BCUT2D eigenvalue weighted by Crippen LogP contribution is 2.36. The van der Waals surface area contributed by atoms with Crippen LogP contribution in [0.2, 0.25) is 0 Å². The molecule has 1 unspecified atom stereocenters. The Hall–Kier alpha value is -2.81. The first-order valence-electron chi connectivity index (χ1n) is 8.34. The Morgan fingerprint density at radius 3 is 2.07 bits per heavy atom. The standard InChI is InChI=1S/C20H19N3O3S2/c21-15-6-10-17(11-7-15)27-19(14-4-2-1-3-5-14)20(24)23-16-8-12-18(13-9-16)28(22,25)26/h1-13,19H,21H2,(H,23,24)(H2,22,25,26). The summed E-state index contributed by atoms with van der Waals surface area (Å²) in [5.41, 5.74) is 7.72. The fraction of sp³-hybridized carbons (Fsp3) is 0.0500. The van der Waals surface area contributed by atoms with Gasteiger partial charge in [-0.1, -0.05) is 30.3 Å². The van der Waals surface area contributed by atoms with Crippen molar-refractivity contribution in [2.75, 3.05) is 11.1 Å². The van der Waals surface area contributed by atoms with Crippen LogP contribution in [0.1, 0.15) is 10.8 Å². The first-order chi connectivity index (χ1) is 13.3. The Balaban J connectivity index is 1.83. The second-order valence-corrected chi connectivity index (χ2v) is 8.78. The average molecular weight is 414 g/mol. The Kier molecular flexibility index (Phi) is 6.03. The summed E-state index contributed by atoms with van der Waals surface area (Å²) in [6.07, 6.45) is 0. The van der Waals surface area contributed by atoms with Gasteiger partial charge in [0.2, 0.25) is 15.9 Å². The van der Waals surface area contributed by atoms with Crippen molar-refractivity contribution in [3.05, 3.63) is 84.4 Å². The highest BCUT2D eigenvalue weighted by atomic mass is 32.2. The molecule has 1 amide bonds. The molecule has 3 aromatic rings. The molecule has 0 aliphatic carbocycles. The van der Waals surface area contributed by atoms with E-state index >= 15 is 0 Å². The molecule has 144 valence electrons. The molecule has 0 spiro atoms. The maximum absolute atomic E-state index is 13.0. The van der Waals surface area contributed by atoms with Crippen LogP contribution < -0.4 is 16.2 Å². The molecule has 5 N–H and O–H groups in total. The Labute approximate surface area is 168 Å². The summed E-state index contributed by atoms with van der Waals surface area (Å²) in [6.45, 7) is 0. The number of carbonyl (C=O) groups excluding carboxylic acids is 1. The van der Waals surface area contributed by atoms with Crippen molar-refractivity contribution >= 4 is 39.1 Å². The smallest absolute Gasteiger partial charge is 0.242 e. The van der Waals surface area contributed by atoms with Crippen LogP contribution in [0, 0.1) is 0 Å². The highest BCUT2D eigenvalue weighted by Gasteiger charge is 2.22. The van der Waals surface area contributed by atoms with Crippen LogP contribution in [0.15, 0.2) is 88.7 Å². The van der Waals surface area contributed by atoms with E-state index in [2.05, 4.69) is 5.32 Å². The number of anilines is 2. The van der Waals surface area contributed by atoms with Gasteiger partial charge >= 0.3 is 0 Å². The van der Waals surface area contributed by atoms with Crippen molar-refractivity contribution in [1.82, 2.24) is 0 Å². The van der Waals surface area contributed by atoms with Crippen molar-refractivity contribution in [1.29, 1.82) is 0 Å². The van der Waals surface area contributed by atoms with Crippen molar-refractivity contribution in [3.8, 4) is 0 Å². The zero-order chi connectivity index (χ0) is 20.1. The van der Waals surface area contributed by atoms with Gasteiger partial charge in [-0.05, 0) is 54.1 Å². The number of sulfonamides is 1. The van der Waals surface area contributed by atoms with E-state index in [1.165, 1.54) is 36.0 Å². The molecule has 0 bridgehead atoms. The molecule has 0 fully saturated rings. The van der Waals surface area contributed by atoms with Crippen LogP contribution >= 0.6 is 11.8 Å². The lowest BCUT2D eigenvalue weighted by Crippen LogP contribution is -2.19. The summed E-state index contributed by atoms with van der Waals surface area (Å²) in [7, 11) is -3.78. The molecular weight excluding hydrogens is 394 g/mol. The molecule has 3 rings (SSSR count). The molecule has 0 saturated heterocycles. The van der Waals surface area contributed by atoms with Gasteiger partial charge < -0.3 is 11.1 Å². The van der Waals surface area contributed by atoms with Crippen LogP contribution in [-0.2, 0) is 14.8 Å². The monoisotopic (exact) mass is 413 g/mol. The van der Waals surface area contributed by atoms with Crippen molar-refractivity contribution < 1.29 is 13.2 Å². The molecule has 0 aliphatic heterocycles. The number of nitrogens with one attached hydrogen (secondary N) is 1. The van der Waals surface area contributed by atoms with Crippen LogP contribution in [-0.4, -0.2) is 14.3 Å². The van der Waals surface area contributed by atoms with E-state index in [4.69, 9.17) is 10.9 Å². The topological polar surface area (TPSA) is 115 Å². The number of hydrogen-bond acceptors (Lipinski definition) is 5. The summed E-state index contributed by atoms with van der Waals surface area (Å²) >= 11 is 1.40. The SMILES string of the molecule is Nc1ccc(SC(C(=O)Nc2ccc(S(N)(=O)=O)cc2)c2ccccc2)cc1. The highest BCUT2D eigenvalue weighted by molar-refractivity contribution is 8.00. The number of carbonyl (C=O) groups is 1. The van der Waals surface area contributed by atoms with Crippen molar-refractivity contribution in [2.45, 2.75) is 15.0 Å². The second kappa shape index (κ2) is 8.47. The molecule has 8 heteroatoms. The summed E-state index contributed by atoms with van der Waals surface area (Å²) in [5.74, 6) is -0.226. The molecule has 6 nitrogen and oxygen atoms in total. The van der Waals surface area contributed by atoms with Crippen LogP contribution in [0.4, 0.5) is 11.4 Å². The van der Waals surface area contributed by atoms with E-state index in [1.807, 2.05) is 42.5 Å². The summed E-state index contributed by atoms with van der Waals surface area (Å²) in [5, 5.41) is 7.43. The minimum atomic E-state index is -3.78. The first kappa shape index (κ1) is 19.9. The van der Waals surface area contributed by atoms with Crippen molar-refractivity contribution in [3.63, 3.8) is 0 Å². The summed E-state index contributed by atoms with van der Waals surface area (Å²) in [6, 6.07) is 22.4. The van der Waals surface area contributed by atoms with E-state index in [9.17, 15) is 13.2 Å². The zero-order valence-electron chi connectivity index (χ0n) is 14.8. The van der Waals surface area contributed by atoms with Gasteiger partial charge in [0, 0.05) is 16.3 Å². The van der Waals surface area contributed by atoms with E-state index in [0.717, 1.165) is 10.5 Å². The number of nitrogens with two attached hydrogens (primary N) is 2. The van der Waals surface area contributed by atoms with Gasteiger partial charge in [0.15, 0.2) is 0 Å². The zero-order valence-corrected chi connectivity index (χ0v) is 16.4. The molecule has 1 atom stereocenters. The van der Waals surface area contributed by atoms with Gasteiger partial charge in [-0.2, -0.15) is 0 Å². The summed E-state index contributed by atoms with van der Waals surface area (Å²) < 4.78 is 22.7. The fourth-order valence-electron chi connectivity index (χ4n) is 2.52. The molecular formula is C20H19N3O3S2. The van der Waals surface area contributed by atoms with Gasteiger partial charge in [-0.3, -0.25) is 4.79 Å². The van der Waals surface area contributed by atoms with E-state index in [0.29, 0.717) is 11.4 Å². The maximum atomic E-state index is 13.0. The van der Waals surface area contributed by atoms with Gasteiger partial charge in [-0.25, -0.2) is 13.6 Å². The van der Waals surface area contributed by atoms with E-state index < -0.39 is 15.3 Å². The van der Waals surface area contributed by atoms with Crippen LogP contribution in [0.5, 0.6) is 0 Å². The van der Waals surface area contributed by atoms with Crippen molar-refractivity contribution in [2.24, 2.45) is 5.14 Å². The molecule has 0 saturated carbocycles. The maximum Gasteiger partial charge on any atom is 0.242 e. The molecule has 0 heterocycles. The normalized spacial score (nSPS) is 12.3. The third kappa shape index (κ3) is 5.13. The average Bonchev–Trinajstić information content (AvgIpc) is 2.68. The number of thioether (sulfide) groups is 1. The van der Waals surface area contributed by atoms with Gasteiger partial charge in [-0.15, -0.1) is 11.8 Å². The minimum Gasteiger partial charge on any atom is -0.399 e. The third-order valence-electron chi connectivity index (χ3n) is 3.92. The predicted molar refractivity (Wildman–Crippen MR) is 112 cm³/mol. The number of nitrogen functional groups attached to an aromatic ring is 1. The number of benzene rings is 3. The quantitative estimate of drug-likeness (QED) is 0.423. The fourth-order valence-corrected chi connectivity index (χ4v) is 4.06. The lowest BCUT2D eigenvalue weighted by molar-refractivity contribution is -0.115. The summed E-state index contributed by atoms with van der Waals surface area (Å²) in [4.78, 5) is 13.9. The predicted octanol–water partition coefficient (Wildman–Crippen LogP) is 3.39. The second-order valence-electron chi connectivity index (χ2n) is 6.04. The molecule has 0 aromatic heterocycles. The van der Waals surface area contributed by atoms with Gasteiger partial charge in [0.25, 0.3) is 0 Å². The lowest BCUT2D eigenvalue weighted by atomic mass is 10.1. The first-order valence-corrected chi connectivity index (χ1v) is 10.8. The Morgan fingerprint density at radius 2 is 1.50 bits per heavy atom. The van der Waals surface area contributed by atoms with Crippen LogP contribution in [0.25, 0.3) is 0 Å². The lowest BCUT2D eigenvalue weighted by Gasteiger charge is -2.17. The van der Waals surface area contributed by atoms with Crippen LogP contribution in [0.3, 0.4) is 0 Å². The van der Waals surface area contributed by atoms with E-state index in [-0.39, 0.29) is 10.8 Å². The van der Waals surface area contributed by atoms with E-state index in [1.54, 1.807) is 12.1 Å². The van der Waals surface area contributed by atoms with Gasteiger partial charge in [0.05, 0.1) is 4.90 Å². The number of primary sulfonamides is 1. The Bertz CT molecular complexity index is 1050. The minimum absolute atomic E-state index is 0.0126. The number of rotatable bonds is 6. The Morgan fingerprint density at radius 1 is 0.893 bits per heavy atom. The third-order valence-corrected chi connectivity index (χ3v) is 6.12. The number of amides is 1. The molecule has 0 aliphatic rings. The molecule has 3 aromatic carbocycles.